The lowest BCUT2D eigenvalue weighted by Crippen LogP contribution is -2.50. The van der Waals surface area contributed by atoms with Gasteiger partial charge in [-0.3, -0.25) is 4.79 Å². The molecule has 0 aliphatic carbocycles. The first kappa shape index (κ1) is 14.4. The van der Waals surface area contributed by atoms with E-state index in [4.69, 9.17) is 18.0 Å². The van der Waals surface area contributed by atoms with Crippen molar-refractivity contribution >= 4 is 23.1 Å². The van der Waals surface area contributed by atoms with Gasteiger partial charge in [0.25, 0.3) is 0 Å². The average molecular weight is 256 g/mol. The fourth-order valence-electron chi connectivity index (χ4n) is 2.27. The minimum Gasteiger partial charge on any atom is -0.392 e. The molecule has 0 unspecified atom stereocenters. The van der Waals surface area contributed by atoms with E-state index in [0.717, 1.165) is 31.8 Å². The lowest BCUT2D eigenvalue weighted by Gasteiger charge is -2.37. The zero-order valence-electron chi connectivity index (χ0n) is 11.3. The molecule has 0 aromatic heterocycles. The van der Waals surface area contributed by atoms with Crippen molar-refractivity contribution in [2.24, 2.45) is 23.0 Å². The number of nitrogens with two attached hydrogens (primary N) is 1. The molecule has 1 aliphatic heterocycles. The van der Waals surface area contributed by atoms with Gasteiger partial charge in [-0.25, -0.2) is 0 Å². The van der Waals surface area contributed by atoms with Crippen molar-refractivity contribution in [2.75, 3.05) is 13.1 Å². The second-order valence-electron chi connectivity index (χ2n) is 5.86. The van der Waals surface area contributed by atoms with Crippen LogP contribution in [0.2, 0.25) is 0 Å². The highest BCUT2D eigenvalue weighted by Crippen LogP contribution is 2.27. The Hall–Kier alpha value is -0.640. The normalized spacial score (nSPS) is 18.5. The maximum absolute atomic E-state index is 12.3. The number of likely N-dealkylation sites (tertiary alicyclic amines) is 1. The third kappa shape index (κ3) is 3.18. The first-order chi connectivity index (χ1) is 7.76. The fourth-order valence-corrected chi connectivity index (χ4v) is 2.36. The van der Waals surface area contributed by atoms with Crippen LogP contribution in [0.3, 0.4) is 0 Å². The number of nitrogens with zero attached hydrogens (tertiary/aromatic N) is 1. The molecule has 0 aromatic rings. The summed E-state index contributed by atoms with van der Waals surface area (Å²) in [6.07, 6.45) is 2.19. The van der Waals surface area contributed by atoms with E-state index >= 15 is 0 Å². The Morgan fingerprint density at radius 3 is 2.18 bits per heavy atom. The number of hydrogen-bond donors (Lipinski definition) is 1. The number of rotatable bonds is 3. The summed E-state index contributed by atoms with van der Waals surface area (Å²) in [6.45, 7) is 9.81. The van der Waals surface area contributed by atoms with Crippen LogP contribution in [0.5, 0.6) is 0 Å². The van der Waals surface area contributed by atoms with Gasteiger partial charge in [-0.2, -0.15) is 0 Å². The van der Waals surface area contributed by atoms with Gasteiger partial charge in [0.2, 0.25) is 5.91 Å². The summed E-state index contributed by atoms with van der Waals surface area (Å²) in [7, 11) is 0. The molecular weight excluding hydrogens is 232 g/mol. The van der Waals surface area contributed by atoms with E-state index < -0.39 is 5.41 Å². The van der Waals surface area contributed by atoms with Gasteiger partial charge in [0, 0.05) is 13.1 Å². The predicted molar refractivity (Wildman–Crippen MR) is 74.7 cm³/mol. The van der Waals surface area contributed by atoms with Gasteiger partial charge >= 0.3 is 0 Å². The Morgan fingerprint density at radius 2 is 1.82 bits per heavy atom. The van der Waals surface area contributed by atoms with Gasteiger partial charge < -0.3 is 10.6 Å². The molecule has 3 nitrogen and oxygen atoms in total. The molecule has 0 saturated carbocycles. The van der Waals surface area contributed by atoms with Crippen molar-refractivity contribution in [3.63, 3.8) is 0 Å². The molecule has 1 heterocycles. The number of hydrogen-bond acceptors (Lipinski definition) is 2. The number of amides is 1. The Kier molecular flexibility index (Phi) is 4.53. The molecule has 0 aromatic carbocycles. The van der Waals surface area contributed by atoms with E-state index in [2.05, 4.69) is 13.8 Å². The lowest BCUT2D eigenvalue weighted by molar-refractivity contribution is -0.138. The molecule has 1 aliphatic rings. The number of carbonyl (C=O) groups excluding carboxylic acids is 1. The van der Waals surface area contributed by atoms with Crippen LogP contribution in [-0.4, -0.2) is 28.9 Å². The van der Waals surface area contributed by atoms with Crippen LogP contribution in [0.1, 0.15) is 40.5 Å². The quantitative estimate of drug-likeness (QED) is 0.787. The summed E-state index contributed by atoms with van der Waals surface area (Å²) < 4.78 is 0. The topological polar surface area (TPSA) is 46.3 Å². The number of piperidine rings is 1. The van der Waals surface area contributed by atoms with E-state index in [0.29, 0.717) is 5.92 Å². The zero-order chi connectivity index (χ0) is 13.2. The minimum absolute atomic E-state index is 0.0761. The van der Waals surface area contributed by atoms with Gasteiger partial charge in [-0.15, -0.1) is 0 Å². The van der Waals surface area contributed by atoms with Crippen LogP contribution in [-0.2, 0) is 4.79 Å². The van der Waals surface area contributed by atoms with Crippen molar-refractivity contribution in [1.82, 2.24) is 4.90 Å². The molecule has 98 valence electrons. The van der Waals surface area contributed by atoms with Crippen LogP contribution < -0.4 is 5.73 Å². The number of thiocarbonyl (C=S) groups is 1. The van der Waals surface area contributed by atoms with Crippen LogP contribution in [0.4, 0.5) is 0 Å². The molecule has 0 atom stereocenters. The molecule has 1 rings (SSSR count). The zero-order valence-corrected chi connectivity index (χ0v) is 12.1. The summed E-state index contributed by atoms with van der Waals surface area (Å²) in [5, 5.41) is 0. The SMILES string of the molecule is CC(C)C1CCN(C(=O)C(C)(C)C(N)=S)CC1. The molecule has 17 heavy (non-hydrogen) atoms. The molecule has 4 heteroatoms. The Morgan fingerprint density at radius 1 is 1.35 bits per heavy atom. The third-order valence-corrected chi connectivity index (χ3v) is 4.43. The molecule has 0 bridgehead atoms. The van der Waals surface area contributed by atoms with Crippen LogP contribution in [0.25, 0.3) is 0 Å². The van der Waals surface area contributed by atoms with E-state index in [1.54, 1.807) is 0 Å². The van der Waals surface area contributed by atoms with E-state index in [1.807, 2.05) is 18.7 Å². The van der Waals surface area contributed by atoms with Crippen molar-refractivity contribution in [1.29, 1.82) is 0 Å². The Balaban J connectivity index is 2.60. The molecule has 0 spiro atoms. The highest BCUT2D eigenvalue weighted by molar-refractivity contribution is 7.80. The predicted octanol–water partition coefficient (Wildman–Crippen LogP) is 2.19. The first-order valence-electron chi connectivity index (χ1n) is 6.36. The highest BCUT2D eigenvalue weighted by atomic mass is 32.1. The summed E-state index contributed by atoms with van der Waals surface area (Å²) in [5.74, 6) is 1.52. The molecule has 2 N–H and O–H groups in total. The summed E-state index contributed by atoms with van der Waals surface area (Å²) >= 11 is 4.97. The lowest BCUT2D eigenvalue weighted by atomic mass is 9.85. The van der Waals surface area contributed by atoms with Crippen molar-refractivity contribution < 1.29 is 4.79 Å². The van der Waals surface area contributed by atoms with Gasteiger partial charge in [-0.05, 0) is 38.5 Å². The monoisotopic (exact) mass is 256 g/mol. The molecule has 1 fully saturated rings. The van der Waals surface area contributed by atoms with E-state index in [-0.39, 0.29) is 10.9 Å². The van der Waals surface area contributed by atoms with Gasteiger partial charge in [0.05, 0.1) is 10.4 Å². The number of carbonyl (C=O) groups is 1. The molecular formula is C13H24N2OS. The summed E-state index contributed by atoms with van der Waals surface area (Å²) in [4.78, 5) is 14.5. The minimum atomic E-state index is -0.708. The fraction of sp³-hybridized carbons (Fsp3) is 0.846. The molecule has 1 amide bonds. The van der Waals surface area contributed by atoms with Gasteiger partial charge in [0.1, 0.15) is 0 Å². The van der Waals surface area contributed by atoms with Gasteiger partial charge in [0.15, 0.2) is 0 Å². The smallest absolute Gasteiger partial charge is 0.235 e. The van der Waals surface area contributed by atoms with Crippen molar-refractivity contribution in [2.45, 2.75) is 40.5 Å². The highest BCUT2D eigenvalue weighted by Gasteiger charge is 2.36. The largest absolute Gasteiger partial charge is 0.392 e. The summed E-state index contributed by atoms with van der Waals surface area (Å²) in [5.41, 5.74) is 4.93. The molecule has 0 radical (unpaired) electrons. The molecule has 1 saturated heterocycles. The van der Waals surface area contributed by atoms with Crippen LogP contribution in [0.15, 0.2) is 0 Å². The van der Waals surface area contributed by atoms with Crippen LogP contribution >= 0.6 is 12.2 Å². The second-order valence-corrected chi connectivity index (χ2v) is 6.30. The van der Waals surface area contributed by atoms with Crippen molar-refractivity contribution in [3.8, 4) is 0 Å². The van der Waals surface area contributed by atoms with E-state index in [1.165, 1.54) is 0 Å². The third-order valence-electron chi connectivity index (χ3n) is 3.92. The Bertz CT molecular complexity index is 305. The average Bonchev–Trinajstić information content (AvgIpc) is 2.27. The second kappa shape index (κ2) is 5.34. The maximum Gasteiger partial charge on any atom is 0.235 e. The van der Waals surface area contributed by atoms with E-state index in [9.17, 15) is 4.79 Å². The Labute approximate surface area is 110 Å². The first-order valence-corrected chi connectivity index (χ1v) is 6.77. The maximum atomic E-state index is 12.3. The van der Waals surface area contributed by atoms with Crippen LogP contribution in [0, 0.1) is 17.3 Å². The summed E-state index contributed by atoms with van der Waals surface area (Å²) in [6, 6.07) is 0. The standard InChI is InChI=1S/C13H24N2OS/c1-9(2)10-5-7-15(8-6-10)12(16)13(3,4)11(14)17/h9-10H,5-8H2,1-4H3,(H2,14,17). The van der Waals surface area contributed by atoms with Crippen molar-refractivity contribution in [3.05, 3.63) is 0 Å². The van der Waals surface area contributed by atoms with Gasteiger partial charge in [-0.1, -0.05) is 26.1 Å².